The smallest absolute Gasteiger partial charge is 0.417 e. The molecule has 0 saturated carbocycles. The van der Waals surface area contributed by atoms with Crippen LogP contribution < -0.4 is 0 Å². The molecule has 0 N–H and O–H groups in total. The van der Waals surface area contributed by atoms with E-state index < -0.39 is 12.2 Å². The zero-order valence-corrected chi connectivity index (χ0v) is 14.8. The van der Waals surface area contributed by atoms with Crippen LogP contribution in [0.4, 0.5) is 4.79 Å². The number of rotatable bonds is 7. The van der Waals surface area contributed by atoms with Crippen molar-refractivity contribution in [1.82, 2.24) is 4.90 Å². The van der Waals surface area contributed by atoms with Crippen molar-refractivity contribution >= 4 is 12.0 Å². The van der Waals surface area contributed by atoms with Crippen molar-refractivity contribution in [3.05, 3.63) is 71.8 Å². The van der Waals surface area contributed by atoms with E-state index in [2.05, 4.69) is 0 Å². The lowest BCUT2D eigenvalue weighted by atomic mass is 10.0. The van der Waals surface area contributed by atoms with Crippen molar-refractivity contribution in [2.45, 2.75) is 31.9 Å². The fraction of sp³-hybridized carbons (Fsp3) is 0.333. The maximum Gasteiger partial charge on any atom is 0.417 e. The minimum atomic E-state index is -0.702. The van der Waals surface area contributed by atoms with Crippen molar-refractivity contribution in [3.8, 4) is 0 Å². The number of imide groups is 1. The lowest BCUT2D eigenvalue weighted by Crippen LogP contribution is -2.47. The molecule has 1 aliphatic rings. The minimum absolute atomic E-state index is 0.212. The van der Waals surface area contributed by atoms with E-state index in [1.165, 1.54) is 4.90 Å². The number of benzene rings is 2. The molecule has 1 heterocycles. The van der Waals surface area contributed by atoms with Crippen LogP contribution >= 0.6 is 0 Å². The van der Waals surface area contributed by atoms with Crippen LogP contribution in [0.3, 0.4) is 0 Å². The van der Waals surface area contributed by atoms with Crippen LogP contribution in [0.25, 0.3) is 0 Å². The first kappa shape index (κ1) is 18.1. The second-order valence-electron chi connectivity index (χ2n) is 6.26. The Morgan fingerprint density at radius 1 is 1.12 bits per heavy atom. The van der Waals surface area contributed by atoms with Crippen LogP contribution in [-0.4, -0.2) is 42.3 Å². The molecule has 5 heteroatoms. The second kappa shape index (κ2) is 8.63. The number of carbonyl (C=O) groups is 2. The lowest BCUT2D eigenvalue weighted by molar-refractivity contribution is -0.141. The lowest BCUT2D eigenvalue weighted by Gasteiger charge is -2.25. The fourth-order valence-corrected chi connectivity index (χ4v) is 3.17. The maximum atomic E-state index is 13.1. The summed E-state index contributed by atoms with van der Waals surface area (Å²) in [7, 11) is 0. The van der Waals surface area contributed by atoms with Gasteiger partial charge in [-0.15, -0.1) is 0 Å². The third-order valence-corrected chi connectivity index (χ3v) is 4.42. The Balaban J connectivity index is 1.75. The quantitative estimate of drug-likeness (QED) is 0.767. The first-order valence-corrected chi connectivity index (χ1v) is 8.88. The van der Waals surface area contributed by atoms with E-state index in [4.69, 9.17) is 9.47 Å². The first-order chi connectivity index (χ1) is 12.7. The highest BCUT2D eigenvalue weighted by Gasteiger charge is 2.41. The number of carbonyl (C=O) groups excluding carboxylic acids is 2. The summed E-state index contributed by atoms with van der Waals surface area (Å²) in [5, 5.41) is 0. The molecule has 1 aliphatic heterocycles. The van der Waals surface area contributed by atoms with Crippen molar-refractivity contribution in [1.29, 1.82) is 0 Å². The third-order valence-electron chi connectivity index (χ3n) is 4.42. The van der Waals surface area contributed by atoms with Crippen LogP contribution in [0.5, 0.6) is 0 Å². The Morgan fingerprint density at radius 3 is 2.35 bits per heavy atom. The van der Waals surface area contributed by atoms with Crippen LogP contribution in [0.15, 0.2) is 60.7 Å². The van der Waals surface area contributed by atoms with Gasteiger partial charge in [-0.25, -0.2) is 9.69 Å². The van der Waals surface area contributed by atoms with Gasteiger partial charge in [-0.2, -0.15) is 0 Å². The van der Waals surface area contributed by atoms with E-state index >= 15 is 0 Å². The average molecular weight is 353 g/mol. The summed E-state index contributed by atoms with van der Waals surface area (Å²) in [5.41, 5.74) is 2.05. The van der Waals surface area contributed by atoms with E-state index in [-0.39, 0.29) is 18.6 Å². The summed E-state index contributed by atoms with van der Waals surface area (Å²) >= 11 is 0. The van der Waals surface area contributed by atoms with Crippen LogP contribution in [0.1, 0.15) is 18.1 Å². The van der Waals surface area contributed by atoms with Gasteiger partial charge in [0.2, 0.25) is 0 Å². The highest BCUT2D eigenvalue weighted by Crippen LogP contribution is 2.20. The highest BCUT2D eigenvalue weighted by atomic mass is 16.6. The molecule has 26 heavy (non-hydrogen) atoms. The Labute approximate surface area is 153 Å². The summed E-state index contributed by atoms with van der Waals surface area (Å²) in [5.74, 6) is -0.334. The van der Waals surface area contributed by atoms with Gasteiger partial charge in [0.05, 0.1) is 6.04 Å². The van der Waals surface area contributed by atoms with Crippen molar-refractivity contribution in [3.63, 3.8) is 0 Å². The molecule has 2 amide bonds. The first-order valence-electron chi connectivity index (χ1n) is 8.88. The molecule has 2 aromatic rings. The van der Waals surface area contributed by atoms with Gasteiger partial charge in [-0.05, 0) is 24.5 Å². The van der Waals surface area contributed by atoms with Crippen molar-refractivity contribution < 1.29 is 19.1 Å². The van der Waals surface area contributed by atoms with Gasteiger partial charge < -0.3 is 9.47 Å². The van der Waals surface area contributed by atoms with Gasteiger partial charge in [0.15, 0.2) is 0 Å². The highest BCUT2D eigenvalue weighted by molar-refractivity contribution is 5.96. The van der Waals surface area contributed by atoms with Gasteiger partial charge in [0.1, 0.15) is 12.7 Å². The topological polar surface area (TPSA) is 55.8 Å². The molecule has 1 fully saturated rings. The molecule has 0 aliphatic carbocycles. The predicted molar refractivity (Wildman–Crippen MR) is 97.7 cm³/mol. The number of cyclic esters (lactones) is 1. The van der Waals surface area contributed by atoms with Gasteiger partial charge in [-0.3, -0.25) is 4.79 Å². The molecule has 136 valence electrons. The molecule has 2 atom stereocenters. The number of hydrogen-bond acceptors (Lipinski definition) is 4. The van der Waals surface area contributed by atoms with Gasteiger partial charge in [0.25, 0.3) is 5.91 Å². The summed E-state index contributed by atoms with van der Waals surface area (Å²) in [4.78, 5) is 26.5. The Hall–Kier alpha value is -2.66. The normalized spacial score (nSPS) is 17.8. The van der Waals surface area contributed by atoms with Gasteiger partial charge >= 0.3 is 6.09 Å². The summed E-state index contributed by atoms with van der Waals surface area (Å²) in [6, 6.07) is 19.1. The molecular weight excluding hydrogens is 330 g/mol. The molecule has 2 aromatic carbocycles. The molecular formula is C21H23NO4. The SMILES string of the molecule is CCO[C@@H](Cc1ccccc1)C(=O)N1C(=O)OC[C@@H]1Cc1ccccc1. The molecule has 0 bridgehead atoms. The monoisotopic (exact) mass is 353 g/mol. The van der Waals surface area contributed by atoms with E-state index in [1.807, 2.05) is 67.6 Å². The van der Waals surface area contributed by atoms with Crippen LogP contribution in [0, 0.1) is 0 Å². The Bertz CT molecular complexity index is 732. The molecule has 0 radical (unpaired) electrons. The Kier molecular flexibility index (Phi) is 6.02. The van der Waals surface area contributed by atoms with E-state index in [9.17, 15) is 9.59 Å². The number of nitrogens with zero attached hydrogens (tertiary/aromatic N) is 1. The van der Waals surface area contributed by atoms with E-state index in [0.29, 0.717) is 19.4 Å². The molecule has 0 aromatic heterocycles. The van der Waals surface area contributed by atoms with Gasteiger partial charge in [-0.1, -0.05) is 60.7 Å². The molecule has 1 saturated heterocycles. The number of amides is 2. The molecule has 0 spiro atoms. The predicted octanol–water partition coefficient (Wildman–Crippen LogP) is 3.22. The summed E-state index contributed by atoms with van der Waals surface area (Å²) in [6.07, 6.45) is -0.294. The zero-order chi connectivity index (χ0) is 18.4. The van der Waals surface area contributed by atoms with E-state index in [1.54, 1.807) is 0 Å². The standard InChI is InChI=1S/C21H23NO4/c1-2-25-19(14-17-11-7-4-8-12-17)20(23)22-18(15-26-21(22)24)13-16-9-5-3-6-10-16/h3-12,18-19H,2,13-15H2,1H3/t18-,19-/m0/s1. The Morgan fingerprint density at radius 2 is 1.73 bits per heavy atom. The van der Waals surface area contributed by atoms with Crippen LogP contribution in [-0.2, 0) is 27.1 Å². The zero-order valence-electron chi connectivity index (χ0n) is 14.8. The molecule has 5 nitrogen and oxygen atoms in total. The molecule has 3 rings (SSSR count). The molecule has 0 unspecified atom stereocenters. The number of hydrogen-bond donors (Lipinski definition) is 0. The number of ether oxygens (including phenoxy) is 2. The average Bonchev–Trinajstić information content (AvgIpc) is 3.02. The summed E-state index contributed by atoms with van der Waals surface area (Å²) < 4.78 is 10.8. The van der Waals surface area contributed by atoms with Crippen molar-refractivity contribution in [2.24, 2.45) is 0 Å². The third kappa shape index (κ3) is 4.29. The van der Waals surface area contributed by atoms with Gasteiger partial charge in [0, 0.05) is 13.0 Å². The maximum absolute atomic E-state index is 13.1. The second-order valence-corrected chi connectivity index (χ2v) is 6.26. The van der Waals surface area contributed by atoms with Crippen molar-refractivity contribution in [2.75, 3.05) is 13.2 Å². The van der Waals surface area contributed by atoms with Crippen LogP contribution in [0.2, 0.25) is 0 Å². The summed E-state index contributed by atoms with van der Waals surface area (Å²) in [6.45, 7) is 2.45. The fourth-order valence-electron chi connectivity index (χ4n) is 3.17. The largest absolute Gasteiger partial charge is 0.447 e. The minimum Gasteiger partial charge on any atom is -0.447 e. The van der Waals surface area contributed by atoms with E-state index in [0.717, 1.165) is 11.1 Å².